The van der Waals surface area contributed by atoms with Crippen molar-refractivity contribution in [2.24, 2.45) is 5.92 Å². The molecule has 2 aromatic rings. The standard InChI is InChI=1S/C15H17FN2OS2/c1-10(2)7-17-14(19)9-21-15-18-13(8-20-15)11-3-5-12(16)6-4-11/h3-6,8,10H,7,9H2,1-2H3,(H,17,19). The zero-order valence-electron chi connectivity index (χ0n) is 11.9. The summed E-state index contributed by atoms with van der Waals surface area (Å²) in [6.07, 6.45) is 0. The zero-order chi connectivity index (χ0) is 15.2. The van der Waals surface area contributed by atoms with Crippen LogP contribution in [-0.4, -0.2) is 23.2 Å². The van der Waals surface area contributed by atoms with Gasteiger partial charge in [-0.1, -0.05) is 25.6 Å². The molecule has 1 N–H and O–H groups in total. The first kappa shape index (κ1) is 16.0. The van der Waals surface area contributed by atoms with Crippen molar-refractivity contribution in [1.82, 2.24) is 10.3 Å². The van der Waals surface area contributed by atoms with Crippen LogP contribution in [0.15, 0.2) is 34.0 Å². The van der Waals surface area contributed by atoms with E-state index >= 15 is 0 Å². The van der Waals surface area contributed by atoms with Gasteiger partial charge in [0.15, 0.2) is 4.34 Å². The number of carbonyl (C=O) groups excluding carboxylic acids is 1. The van der Waals surface area contributed by atoms with E-state index in [9.17, 15) is 9.18 Å². The molecule has 112 valence electrons. The van der Waals surface area contributed by atoms with E-state index < -0.39 is 0 Å². The van der Waals surface area contributed by atoms with Crippen LogP contribution in [0.1, 0.15) is 13.8 Å². The monoisotopic (exact) mass is 324 g/mol. The Bertz CT molecular complexity index is 596. The number of hydrogen-bond acceptors (Lipinski definition) is 4. The van der Waals surface area contributed by atoms with Gasteiger partial charge < -0.3 is 5.32 Å². The Labute approximate surface area is 132 Å². The molecule has 3 nitrogen and oxygen atoms in total. The molecule has 0 aliphatic carbocycles. The van der Waals surface area contributed by atoms with E-state index in [-0.39, 0.29) is 11.7 Å². The van der Waals surface area contributed by atoms with Crippen LogP contribution in [0, 0.1) is 11.7 Å². The predicted octanol–water partition coefficient (Wildman–Crippen LogP) is 3.81. The molecular formula is C15H17FN2OS2. The highest BCUT2D eigenvalue weighted by atomic mass is 32.2. The average Bonchev–Trinajstić information content (AvgIpc) is 2.92. The van der Waals surface area contributed by atoms with Crippen molar-refractivity contribution in [3.63, 3.8) is 0 Å². The SMILES string of the molecule is CC(C)CNC(=O)CSc1nc(-c2ccc(F)cc2)cs1. The van der Waals surface area contributed by atoms with Gasteiger partial charge in [-0.15, -0.1) is 11.3 Å². The molecule has 0 aliphatic rings. The van der Waals surface area contributed by atoms with Crippen molar-refractivity contribution in [3.05, 3.63) is 35.5 Å². The first-order valence-corrected chi connectivity index (χ1v) is 8.52. The highest BCUT2D eigenvalue weighted by Crippen LogP contribution is 2.28. The molecule has 0 spiro atoms. The second-order valence-electron chi connectivity index (χ2n) is 4.99. The molecular weight excluding hydrogens is 307 g/mol. The first-order valence-electron chi connectivity index (χ1n) is 6.65. The van der Waals surface area contributed by atoms with Gasteiger partial charge in [-0.25, -0.2) is 9.37 Å². The fourth-order valence-electron chi connectivity index (χ4n) is 1.57. The van der Waals surface area contributed by atoms with Gasteiger partial charge in [0, 0.05) is 17.5 Å². The number of thiazole rings is 1. The lowest BCUT2D eigenvalue weighted by Gasteiger charge is -2.06. The Hall–Kier alpha value is -1.40. The largest absolute Gasteiger partial charge is 0.355 e. The second-order valence-corrected chi connectivity index (χ2v) is 7.07. The predicted molar refractivity (Wildman–Crippen MR) is 86.1 cm³/mol. The molecule has 0 aliphatic heterocycles. The molecule has 0 unspecified atom stereocenters. The van der Waals surface area contributed by atoms with Crippen LogP contribution in [0.3, 0.4) is 0 Å². The van der Waals surface area contributed by atoms with E-state index in [0.717, 1.165) is 15.6 Å². The number of nitrogens with zero attached hydrogens (tertiary/aromatic N) is 1. The highest BCUT2D eigenvalue weighted by Gasteiger charge is 2.08. The summed E-state index contributed by atoms with van der Waals surface area (Å²) in [6, 6.07) is 6.24. The van der Waals surface area contributed by atoms with Crippen LogP contribution < -0.4 is 5.32 Å². The zero-order valence-corrected chi connectivity index (χ0v) is 13.6. The molecule has 0 bridgehead atoms. The number of nitrogens with one attached hydrogen (secondary N) is 1. The van der Waals surface area contributed by atoms with Crippen molar-refractivity contribution in [1.29, 1.82) is 0 Å². The van der Waals surface area contributed by atoms with Crippen molar-refractivity contribution in [2.75, 3.05) is 12.3 Å². The molecule has 1 amide bonds. The van der Waals surface area contributed by atoms with Gasteiger partial charge in [-0.2, -0.15) is 0 Å². The van der Waals surface area contributed by atoms with Gasteiger partial charge in [0.1, 0.15) is 5.82 Å². The van der Waals surface area contributed by atoms with Crippen LogP contribution >= 0.6 is 23.1 Å². The Kier molecular flexibility index (Phi) is 5.76. The van der Waals surface area contributed by atoms with Crippen molar-refractivity contribution in [2.45, 2.75) is 18.2 Å². The normalized spacial score (nSPS) is 10.9. The van der Waals surface area contributed by atoms with Crippen LogP contribution in [0.4, 0.5) is 4.39 Å². The van der Waals surface area contributed by atoms with Gasteiger partial charge in [0.05, 0.1) is 11.4 Å². The van der Waals surface area contributed by atoms with Gasteiger partial charge in [-0.05, 0) is 30.2 Å². The Morgan fingerprint density at radius 1 is 1.38 bits per heavy atom. The smallest absolute Gasteiger partial charge is 0.230 e. The second kappa shape index (κ2) is 7.56. The molecule has 21 heavy (non-hydrogen) atoms. The fraction of sp³-hybridized carbons (Fsp3) is 0.333. The number of aromatic nitrogens is 1. The highest BCUT2D eigenvalue weighted by molar-refractivity contribution is 8.01. The number of amides is 1. The van der Waals surface area contributed by atoms with Gasteiger partial charge in [-0.3, -0.25) is 4.79 Å². The van der Waals surface area contributed by atoms with Crippen LogP contribution in [0.5, 0.6) is 0 Å². The molecule has 0 fully saturated rings. The molecule has 0 atom stereocenters. The molecule has 0 saturated carbocycles. The minimum absolute atomic E-state index is 0.0206. The topological polar surface area (TPSA) is 42.0 Å². The van der Waals surface area contributed by atoms with E-state index in [2.05, 4.69) is 24.1 Å². The molecule has 2 rings (SSSR count). The maximum atomic E-state index is 12.9. The molecule has 1 aromatic carbocycles. The van der Waals surface area contributed by atoms with Gasteiger partial charge in [0.2, 0.25) is 5.91 Å². The lowest BCUT2D eigenvalue weighted by molar-refractivity contribution is -0.118. The summed E-state index contributed by atoms with van der Waals surface area (Å²) in [5.74, 6) is 0.574. The van der Waals surface area contributed by atoms with E-state index in [4.69, 9.17) is 0 Å². The average molecular weight is 324 g/mol. The third-order valence-electron chi connectivity index (χ3n) is 2.66. The van der Waals surface area contributed by atoms with Gasteiger partial charge >= 0.3 is 0 Å². The summed E-state index contributed by atoms with van der Waals surface area (Å²) in [4.78, 5) is 16.1. The molecule has 1 aromatic heterocycles. The number of carbonyl (C=O) groups is 1. The number of hydrogen-bond donors (Lipinski definition) is 1. The lowest BCUT2D eigenvalue weighted by atomic mass is 10.2. The van der Waals surface area contributed by atoms with Crippen molar-refractivity contribution in [3.8, 4) is 11.3 Å². The Morgan fingerprint density at radius 2 is 2.10 bits per heavy atom. The quantitative estimate of drug-likeness (QED) is 0.822. The summed E-state index contributed by atoms with van der Waals surface area (Å²) in [5.41, 5.74) is 1.69. The summed E-state index contributed by atoms with van der Waals surface area (Å²) >= 11 is 2.91. The molecule has 1 heterocycles. The minimum Gasteiger partial charge on any atom is -0.355 e. The molecule has 0 saturated heterocycles. The number of benzene rings is 1. The summed E-state index contributed by atoms with van der Waals surface area (Å²) < 4.78 is 13.7. The van der Waals surface area contributed by atoms with Gasteiger partial charge in [0.25, 0.3) is 0 Å². The number of halogens is 1. The fourth-order valence-corrected chi connectivity index (χ4v) is 3.24. The summed E-state index contributed by atoms with van der Waals surface area (Å²) in [5, 5.41) is 4.79. The summed E-state index contributed by atoms with van der Waals surface area (Å²) in [7, 11) is 0. The Morgan fingerprint density at radius 3 is 2.76 bits per heavy atom. The maximum absolute atomic E-state index is 12.9. The molecule has 0 radical (unpaired) electrons. The van der Waals surface area contributed by atoms with E-state index in [0.29, 0.717) is 18.2 Å². The summed E-state index contributed by atoms with van der Waals surface area (Å²) in [6.45, 7) is 4.81. The third kappa shape index (κ3) is 5.13. The third-order valence-corrected chi connectivity index (χ3v) is 4.68. The minimum atomic E-state index is -0.259. The van der Waals surface area contributed by atoms with E-state index in [1.54, 1.807) is 12.1 Å². The first-order chi connectivity index (χ1) is 10.0. The van der Waals surface area contributed by atoms with E-state index in [1.165, 1.54) is 35.2 Å². The molecule has 6 heteroatoms. The van der Waals surface area contributed by atoms with Crippen LogP contribution in [-0.2, 0) is 4.79 Å². The van der Waals surface area contributed by atoms with Crippen LogP contribution in [0.2, 0.25) is 0 Å². The maximum Gasteiger partial charge on any atom is 0.230 e. The van der Waals surface area contributed by atoms with Crippen LogP contribution in [0.25, 0.3) is 11.3 Å². The Balaban J connectivity index is 1.88. The number of thioether (sulfide) groups is 1. The number of rotatable bonds is 6. The van der Waals surface area contributed by atoms with E-state index in [1.807, 2.05) is 5.38 Å². The van der Waals surface area contributed by atoms with Crippen molar-refractivity contribution >= 4 is 29.0 Å². The van der Waals surface area contributed by atoms with Crippen molar-refractivity contribution < 1.29 is 9.18 Å². The lowest BCUT2D eigenvalue weighted by Crippen LogP contribution is -2.28.